The average Bonchev–Trinajstić information content (AvgIpc) is 3.12. The summed E-state index contributed by atoms with van der Waals surface area (Å²) >= 11 is 0. The van der Waals surface area contributed by atoms with Crippen LogP contribution in [-0.2, 0) is 4.79 Å². The summed E-state index contributed by atoms with van der Waals surface area (Å²) in [4.78, 5) is 11.2. The van der Waals surface area contributed by atoms with Crippen LogP contribution < -0.4 is 10.5 Å². The predicted octanol–water partition coefficient (Wildman–Crippen LogP) is 2.26. The van der Waals surface area contributed by atoms with Gasteiger partial charge in [-0.3, -0.25) is 4.79 Å². The Morgan fingerprint density at radius 2 is 2.22 bits per heavy atom. The third-order valence-corrected chi connectivity index (χ3v) is 3.67. The van der Waals surface area contributed by atoms with Gasteiger partial charge in [-0.05, 0) is 43.9 Å². The highest BCUT2D eigenvalue weighted by Crippen LogP contribution is 2.54. The van der Waals surface area contributed by atoms with E-state index in [9.17, 15) is 9.90 Å². The fourth-order valence-corrected chi connectivity index (χ4v) is 2.30. The minimum absolute atomic E-state index is 0.440. The smallest absolute Gasteiger partial charge is 0.311 e. The molecule has 1 aliphatic carbocycles. The Morgan fingerprint density at radius 1 is 1.56 bits per heavy atom. The zero-order valence-electron chi connectivity index (χ0n) is 10.8. The molecule has 3 N–H and O–H groups in total. The number of aryl methyl sites for hydroxylation is 1. The topological polar surface area (TPSA) is 72.5 Å². The predicted molar refractivity (Wildman–Crippen MR) is 68.6 cm³/mol. The molecule has 1 unspecified atom stereocenters. The second kappa shape index (κ2) is 4.61. The van der Waals surface area contributed by atoms with Crippen molar-refractivity contribution in [2.75, 3.05) is 6.61 Å². The molecule has 1 saturated carbocycles. The lowest BCUT2D eigenvalue weighted by molar-refractivity contribution is -0.144. The normalized spacial score (nSPS) is 18.2. The second-order valence-corrected chi connectivity index (χ2v) is 4.90. The number of nitrogens with two attached hydrogens (primary N) is 1. The maximum atomic E-state index is 11.2. The number of rotatable bonds is 5. The van der Waals surface area contributed by atoms with Crippen molar-refractivity contribution in [1.82, 2.24) is 0 Å². The molecule has 0 saturated heterocycles. The van der Waals surface area contributed by atoms with E-state index < -0.39 is 17.4 Å². The molecule has 0 radical (unpaired) electrons. The SMILES string of the molecule is CCOc1ccc(C(N)C2(C(=O)O)CC2)cc1C. The summed E-state index contributed by atoms with van der Waals surface area (Å²) in [6, 6.07) is 5.22. The van der Waals surface area contributed by atoms with Crippen LogP contribution in [0.3, 0.4) is 0 Å². The van der Waals surface area contributed by atoms with Crippen LogP contribution >= 0.6 is 0 Å². The van der Waals surface area contributed by atoms with Crippen molar-refractivity contribution in [3.8, 4) is 5.75 Å². The first-order valence-electron chi connectivity index (χ1n) is 6.23. The van der Waals surface area contributed by atoms with Gasteiger partial charge < -0.3 is 15.6 Å². The fourth-order valence-electron chi connectivity index (χ4n) is 2.30. The minimum atomic E-state index is -0.790. The summed E-state index contributed by atoms with van der Waals surface area (Å²) in [6.07, 6.45) is 1.32. The highest BCUT2D eigenvalue weighted by atomic mass is 16.5. The maximum absolute atomic E-state index is 11.2. The van der Waals surface area contributed by atoms with Crippen molar-refractivity contribution in [1.29, 1.82) is 0 Å². The zero-order chi connectivity index (χ0) is 13.3. The number of ether oxygens (including phenoxy) is 1. The summed E-state index contributed by atoms with van der Waals surface area (Å²) < 4.78 is 5.46. The molecule has 0 bridgehead atoms. The molecule has 4 heteroatoms. The van der Waals surface area contributed by atoms with E-state index in [0.29, 0.717) is 19.4 Å². The van der Waals surface area contributed by atoms with E-state index in [4.69, 9.17) is 10.5 Å². The summed E-state index contributed by atoms with van der Waals surface area (Å²) in [6.45, 7) is 4.50. The van der Waals surface area contributed by atoms with Crippen LogP contribution in [0.15, 0.2) is 18.2 Å². The molecule has 1 aromatic rings. The van der Waals surface area contributed by atoms with Crippen LogP contribution in [0.5, 0.6) is 5.75 Å². The van der Waals surface area contributed by atoms with Gasteiger partial charge in [0.25, 0.3) is 0 Å². The maximum Gasteiger partial charge on any atom is 0.311 e. The lowest BCUT2D eigenvalue weighted by atomic mass is 9.90. The molecule has 1 aromatic carbocycles. The lowest BCUT2D eigenvalue weighted by Gasteiger charge is -2.20. The first-order chi connectivity index (χ1) is 8.51. The van der Waals surface area contributed by atoms with E-state index in [1.165, 1.54) is 0 Å². The van der Waals surface area contributed by atoms with Crippen molar-refractivity contribution in [2.24, 2.45) is 11.1 Å². The number of hydrogen-bond acceptors (Lipinski definition) is 3. The number of hydrogen-bond donors (Lipinski definition) is 2. The zero-order valence-corrected chi connectivity index (χ0v) is 10.8. The van der Waals surface area contributed by atoms with Crippen LogP contribution in [0.2, 0.25) is 0 Å². The first kappa shape index (κ1) is 12.9. The van der Waals surface area contributed by atoms with E-state index in [0.717, 1.165) is 16.9 Å². The standard InChI is InChI=1S/C14H19NO3/c1-3-18-11-5-4-10(8-9(11)2)12(15)14(6-7-14)13(16)17/h4-5,8,12H,3,6-7,15H2,1-2H3,(H,16,17). The molecular formula is C14H19NO3. The monoisotopic (exact) mass is 249 g/mol. The van der Waals surface area contributed by atoms with Gasteiger partial charge in [-0.2, -0.15) is 0 Å². The van der Waals surface area contributed by atoms with E-state index in [-0.39, 0.29) is 0 Å². The molecule has 18 heavy (non-hydrogen) atoms. The quantitative estimate of drug-likeness (QED) is 0.839. The molecule has 98 valence electrons. The molecular weight excluding hydrogens is 230 g/mol. The van der Waals surface area contributed by atoms with Crippen molar-refractivity contribution < 1.29 is 14.6 Å². The molecule has 2 rings (SSSR count). The van der Waals surface area contributed by atoms with Crippen molar-refractivity contribution in [3.63, 3.8) is 0 Å². The molecule has 1 atom stereocenters. The molecule has 0 heterocycles. The lowest BCUT2D eigenvalue weighted by Crippen LogP contribution is -2.29. The number of carboxylic acid groups (broad SMARTS) is 1. The average molecular weight is 249 g/mol. The van der Waals surface area contributed by atoms with Crippen molar-refractivity contribution >= 4 is 5.97 Å². The van der Waals surface area contributed by atoms with Crippen LogP contribution in [0, 0.1) is 12.3 Å². The minimum Gasteiger partial charge on any atom is -0.494 e. The Balaban J connectivity index is 2.24. The van der Waals surface area contributed by atoms with E-state index in [1.54, 1.807) is 0 Å². The van der Waals surface area contributed by atoms with Crippen LogP contribution in [0.4, 0.5) is 0 Å². The third kappa shape index (κ3) is 2.08. The first-order valence-corrected chi connectivity index (χ1v) is 6.23. The summed E-state index contributed by atoms with van der Waals surface area (Å²) in [5.74, 6) is 0.0372. The van der Waals surface area contributed by atoms with Gasteiger partial charge in [-0.15, -0.1) is 0 Å². The number of carboxylic acids is 1. The van der Waals surface area contributed by atoms with Gasteiger partial charge in [0.15, 0.2) is 0 Å². The van der Waals surface area contributed by atoms with Crippen LogP contribution in [-0.4, -0.2) is 17.7 Å². The van der Waals surface area contributed by atoms with Gasteiger partial charge in [0.2, 0.25) is 0 Å². The van der Waals surface area contributed by atoms with Crippen molar-refractivity contribution in [3.05, 3.63) is 29.3 Å². The Kier molecular flexibility index (Phi) is 3.30. The van der Waals surface area contributed by atoms with Crippen LogP contribution in [0.1, 0.15) is 36.9 Å². The molecule has 4 nitrogen and oxygen atoms in total. The fraction of sp³-hybridized carbons (Fsp3) is 0.500. The Labute approximate surface area is 107 Å². The Bertz CT molecular complexity index is 466. The number of benzene rings is 1. The summed E-state index contributed by atoms with van der Waals surface area (Å²) in [5.41, 5.74) is 7.22. The van der Waals surface area contributed by atoms with E-state index in [2.05, 4.69) is 0 Å². The summed E-state index contributed by atoms with van der Waals surface area (Å²) in [5, 5.41) is 9.24. The Morgan fingerprint density at radius 3 is 2.67 bits per heavy atom. The third-order valence-electron chi connectivity index (χ3n) is 3.67. The van der Waals surface area contributed by atoms with E-state index >= 15 is 0 Å². The molecule has 0 spiro atoms. The highest BCUT2D eigenvalue weighted by molar-refractivity contribution is 5.79. The van der Waals surface area contributed by atoms with Crippen LogP contribution in [0.25, 0.3) is 0 Å². The summed E-state index contributed by atoms with van der Waals surface area (Å²) in [7, 11) is 0. The van der Waals surface area contributed by atoms with Gasteiger partial charge in [0, 0.05) is 6.04 Å². The van der Waals surface area contributed by atoms with Crippen molar-refractivity contribution in [2.45, 2.75) is 32.7 Å². The molecule has 1 fully saturated rings. The number of carbonyl (C=O) groups is 1. The molecule has 0 aromatic heterocycles. The molecule has 0 amide bonds. The van der Waals surface area contributed by atoms with Gasteiger partial charge in [-0.25, -0.2) is 0 Å². The molecule has 1 aliphatic rings. The van der Waals surface area contributed by atoms with Gasteiger partial charge in [-0.1, -0.05) is 12.1 Å². The largest absolute Gasteiger partial charge is 0.494 e. The van der Waals surface area contributed by atoms with Gasteiger partial charge >= 0.3 is 5.97 Å². The highest BCUT2D eigenvalue weighted by Gasteiger charge is 2.55. The Hall–Kier alpha value is -1.55. The second-order valence-electron chi connectivity index (χ2n) is 4.90. The van der Waals surface area contributed by atoms with E-state index in [1.807, 2.05) is 32.0 Å². The molecule has 0 aliphatic heterocycles. The number of aliphatic carboxylic acids is 1. The van der Waals surface area contributed by atoms with Gasteiger partial charge in [0.05, 0.1) is 12.0 Å². The van der Waals surface area contributed by atoms with Gasteiger partial charge in [0.1, 0.15) is 5.75 Å².